The number of benzene rings is 1. The molecule has 1 amide bonds. The van der Waals surface area contributed by atoms with Gasteiger partial charge in [-0.25, -0.2) is 0 Å². The van der Waals surface area contributed by atoms with E-state index >= 15 is 0 Å². The van der Waals surface area contributed by atoms with E-state index in [1.807, 2.05) is 0 Å². The van der Waals surface area contributed by atoms with Crippen LogP contribution in [0.3, 0.4) is 0 Å². The summed E-state index contributed by atoms with van der Waals surface area (Å²) in [5, 5.41) is 2.46. The first kappa shape index (κ1) is 16.9. The molecule has 0 fully saturated rings. The van der Waals surface area contributed by atoms with Crippen molar-refractivity contribution in [3.05, 3.63) is 29.3 Å². The van der Waals surface area contributed by atoms with Crippen molar-refractivity contribution in [3.63, 3.8) is 0 Å². The van der Waals surface area contributed by atoms with Crippen LogP contribution in [0.1, 0.15) is 54.9 Å². The van der Waals surface area contributed by atoms with Gasteiger partial charge >= 0.3 is 5.97 Å². The number of amides is 1. The summed E-state index contributed by atoms with van der Waals surface area (Å²) >= 11 is 0. The third kappa shape index (κ3) is 4.70. The Morgan fingerprint density at radius 2 is 2.10 bits per heavy atom. The van der Waals surface area contributed by atoms with Gasteiger partial charge in [0.1, 0.15) is 0 Å². The van der Waals surface area contributed by atoms with Crippen molar-refractivity contribution in [2.24, 2.45) is 0 Å². The Morgan fingerprint density at radius 3 is 2.67 bits per heavy atom. The minimum atomic E-state index is -0.381. The normalized spacial score (nSPS) is 11.5. The van der Waals surface area contributed by atoms with Crippen LogP contribution >= 0.6 is 0 Å². The van der Waals surface area contributed by atoms with Crippen LogP contribution in [-0.2, 0) is 14.3 Å². The zero-order valence-corrected chi connectivity index (χ0v) is 12.4. The summed E-state index contributed by atoms with van der Waals surface area (Å²) in [4.78, 5) is 33.7. The van der Waals surface area contributed by atoms with E-state index in [-0.39, 0.29) is 11.9 Å². The summed E-state index contributed by atoms with van der Waals surface area (Å²) in [5.74, 6) is -0.659. The molecular formula is C16H21NO4. The smallest absolute Gasteiger partial charge is 0.313 e. The second-order valence-corrected chi connectivity index (χ2v) is 4.67. The topological polar surface area (TPSA) is 72.5 Å². The first-order valence-corrected chi connectivity index (χ1v) is 7.13. The molecule has 0 heterocycles. The molecule has 0 aliphatic carbocycles. The standard InChI is InChI=1S/C16H21NO4/c1-3-5-6-14(16(20)21-4-2)12-7-8-15(17-11-19)13(9-12)10-18/h7-11,14H,3-6H2,1-2H3,(H,17,19). The molecule has 21 heavy (non-hydrogen) atoms. The lowest BCUT2D eigenvalue weighted by molar-refractivity contribution is -0.145. The lowest BCUT2D eigenvalue weighted by atomic mass is 9.92. The van der Waals surface area contributed by atoms with Gasteiger partial charge < -0.3 is 10.1 Å². The molecule has 1 unspecified atom stereocenters. The summed E-state index contributed by atoms with van der Waals surface area (Å²) in [5.41, 5.74) is 1.52. The summed E-state index contributed by atoms with van der Waals surface area (Å²) in [6.07, 6.45) is 3.73. The molecule has 0 radical (unpaired) electrons. The molecule has 5 heteroatoms. The molecule has 1 atom stereocenters. The molecule has 5 nitrogen and oxygen atoms in total. The van der Waals surface area contributed by atoms with Crippen molar-refractivity contribution in [1.29, 1.82) is 0 Å². The number of carbonyl (C=O) groups excluding carboxylic acids is 3. The van der Waals surface area contributed by atoms with E-state index in [4.69, 9.17) is 4.74 Å². The Labute approximate surface area is 124 Å². The van der Waals surface area contributed by atoms with Crippen LogP contribution in [-0.4, -0.2) is 25.3 Å². The number of nitrogens with one attached hydrogen (secondary N) is 1. The van der Waals surface area contributed by atoms with Gasteiger partial charge in [-0.05, 0) is 31.0 Å². The van der Waals surface area contributed by atoms with E-state index in [9.17, 15) is 14.4 Å². The summed E-state index contributed by atoms with van der Waals surface area (Å²) in [6.45, 7) is 4.14. The summed E-state index contributed by atoms with van der Waals surface area (Å²) < 4.78 is 5.11. The van der Waals surface area contributed by atoms with Crippen LogP contribution < -0.4 is 5.32 Å². The van der Waals surface area contributed by atoms with Crippen molar-refractivity contribution in [3.8, 4) is 0 Å². The van der Waals surface area contributed by atoms with Crippen molar-refractivity contribution in [2.75, 3.05) is 11.9 Å². The number of hydrogen-bond donors (Lipinski definition) is 1. The van der Waals surface area contributed by atoms with E-state index in [2.05, 4.69) is 12.2 Å². The lowest BCUT2D eigenvalue weighted by Crippen LogP contribution is -2.16. The number of carbonyl (C=O) groups is 3. The van der Waals surface area contributed by atoms with Crippen LogP contribution in [0.4, 0.5) is 5.69 Å². The monoisotopic (exact) mass is 291 g/mol. The molecule has 1 aromatic carbocycles. The molecule has 1 N–H and O–H groups in total. The molecule has 114 valence electrons. The van der Waals surface area contributed by atoms with E-state index in [1.54, 1.807) is 25.1 Å². The summed E-state index contributed by atoms with van der Waals surface area (Å²) in [6, 6.07) is 5.01. The highest BCUT2D eigenvalue weighted by molar-refractivity contribution is 5.89. The highest BCUT2D eigenvalue weighted by atomic mass is 16.5. The number of anilines is 1. The Morgan fingerprint density at radius 1 is 1.33 bits per heavy atom. The van der Waals surface area contributed by atoms with Gasteiger partial charge in [0.05, 0.1) is 18.2 Å². The zero-order valence-electron chi connectivity index (χ0n) is 12.4. The number of esters is 1. The minimum absolute atomic E-state index is 0.279. The third-order valence-corrected chi connectivity index (χ3v) is 3.24. The molecule has 0 aliphatic rings. The van der Waals surface area contributed by atoms with Gasteiger partial charge in [0.2, 0.25) is 6.41 Å². The number of aldehydes is 1. The Kier molecular flexibility index (Phi) is 7.15. The largest absolute Gasteiger partial charge is 0.466 e. The fraction of sp³-hybridized carbons (Fsp3) is 0.438. The number of hydrogen-bond acceptors (Lipinski definition) is 4. The van der Waals surface area contributed by atoms with Gasteiger partial charge in [-0.3, -0.25) is 14.4 Å². The molecule has 0 aliphatic heterocycles. The van der Waals surface area contributed by atoms with Crippen LogP contribution in [0.25, 0.3) is 0 Å². The van der Waals surface area contributed by atoms with Crippen LogP contribution in [0.5, 0.6) is 0 Å². The Balaban J connectivity index is 3.08. The quantitative estimate of drug-likeness (QED) is 0.561. The molecule has 1 rings (SSSR count). The molecule has 0 bridgehead atoms. The third-order valence-electron chi connectivity index (χ3n) is 3.24. The number of rotatable bonds is 9. The number of unbranched alkanes of at least 4 members (excludes halogenated alkanes) is 1. The molecule has 0 aromatic heterocycles. The predicted octanol–water partition coefficient (Wildman–Crippen LogP) is 2.90. The molecule has 0 saturated carbocycles. The highest BCUT2D eigenvalue weighted by Gasteiger charge is 2.22. The summed E-state index contributed by atoms with van der Waals surface area (Å²) in [7, 11) is 0. The van der Waals surface area contributed by atoms with Gasteiger partial charge in [0, 0.05) is 5.56 Å². The maximum Gasteiger partial charge on any atom is 0.313 e. The van der Waals surface area contributed by atoms with Gasteiger partial charge in [-0.15, -0.1) is 0 Å². The average molecular weight is 291 g/mol. The van der Waals surface area contributed by atoms with Crippen molar-refractivity contribution in [1.82, 2.24) is 0 Å². The number of ether oxygens (including phenoxy) is 1. The average Bonchev–Trinajstić information content (AvgIpc) is 2.49. The SMILES string of the molecule is CCCCC(C(=O)OCC)c1ccc(NC=O)c(C=O)c1. The van der Waals surface area contributed by atoms with E-state index in [1.165, 1.54) is 0 Å². The van der Waals surface area contributed by atoms with Crippen LogP contribution in [0, 0.1) is 0 Å². The van der Waals surface area contributed by atoms with Crippen LogP contribution in [0.2, 0.25) is 0 Å². The van der Waals surface area contributed by atoms with Crippen LogP contribution in [0.15, 0.2) is 18.2 Å². The van der Waals surface area contributed by atoms with E-state index in [0.717, 1.165) is 18.4 Å². The molecule has 0 spiro atoms. The van der Waals surface area contributed by atoms with Gasteiger partial charge in [0.15, 0.2) is 6.29 Å². The fourth-order valence-corrected chi connectivity index (χ4v) is 2.16. The minimum Gasteiger partial charge on any atom is -0.466 e. The van der Waals surface area contributed by atoms with Gasteiger partial charge in [0.25, 0.3) is 0 Å². The van der Waals surface area contributed by atoms with E-state index in [0.29, 0.717) is 37.0 Å². The fourth-order valence-electron chi connectivity index (χ4n) is 2.16. The maximum absolute atomic E-state index is 12.1. The van der Waals surface area contributed by atoms with Gasteiger partial charge in [-0.1, -0.05) is 25.8 Å². The second kappa shape index (κ2) is 8.89. The van der Waals surface area contributed by atoms with Crippen molar-refractivity contribution in [2.45, 2.75) is 39.0 Å². The Bertz CT molecular complexity index is 499. The van der Waals surface area contributed by atoms with Gasteiger partial charge in [-0.2, -0.15) is 0 Å². The second-order valence-electron chi connectivity index (χ2n) is 4.67. The Hall–Kier alpha value is -2.17. The first-order chi connectivity index (χ1) is 10.2. The zero-order chi connectivity index (χ0) is 15.7. The molecule has 0 saturated heterocycles. The molecular weight excluding hydrogens is 270 g/mol. The van der Waals surface area contributed by atoms with Crippen molar-refractivity contribution >= 4 is 24.4 Å². The maximum atomic E-state index is 12.1. The highest BCUT2D eigenvalue weighted by Crippen LogP contribution is 2.27. The first-order valence-electron chi connectivity index (χ1n) is 7.13. The molecule has 1 aromatic rings. The predicted molar refractivity (Wildman–Crippen MR) is 80.4 cm³/mol. The van der Waals surface area contributed by atoms with Crippen molar-refractivity contribution < 1.29 is 19.1 Å². The van der Waals surface area contributed by atoms with E-state index < -0.39 is 0 Å². The lowest BCUT2D eigenvalue weighted by Gasteiger charge is -2.17.